The van der Waals surface area contributed by atoms with Gasteiger partial charge >= 0.3 is 0 Å². The van der Waals surface area contributed by atoms with Gasteiger partial charge in [0.25, 0.3) is 0 Å². The third-order valence-electron chi connectivity index (χ3n) is 2.58. The Kier molecular flexibility index (Phi) is 3.13. The van der Waals surface area contributed by atoms with E-state index in [4.69, 9.17) is 0 Å². The number of alkyl halides is 1. The molecule has 1 aromatic heterocycles. The molecule has 0 amide bonds. The van der Waals surface area contributed by atoms with Gasteiger partial charge in [0.2, 0.25) is 10.0 Å². The van der Waals surface area contributed by atoms with E-state index < -0.39 is 10.0 Å². The van der Waals surface area contributed by atoms with Gasteiger partial charge in [0, 0.05) is 24.1 Å². The minimum Gasteiger partial charge on any atom is -0.284 e. The molecule has 15 heavy (non-hydrogen) atoms. The predicted molar refractivity (Wildman–Crippen MR) is 59.3 cm³/mol. The molecule has 1 aromatic rings. The highest BCUT2D eigenvalue weighted by atomic mass is 79.9. The number of nitrogens with zero attached hydrogens (tertiary/aromatic N) is 2. The van der Waals surface area contributed by atoms with Crippen molar-refractivity contribution < 1.29 is 8.42 Å². The molecule has 2 rings (SSSR count). The molecule has 1 saturated heterocycles. The molecule has 7 heteroatoms. The van der Waals surface area contributed by atoms with E-state index in [0.717, 1.165) is 12.8 Å². The van der Waals surface area contributed by atoms with E-state index in [-0.39, 0.29) is 10.9 Å². The van der Waals surface area contributed by atoms with Crippen molar-refractivity contribution in [1.82, 2.24) is 14.5 Å². The highest BCUT2D eigenvalue weighted by molar-refractivity contribution is 9.09. The molecule has 5 nitrogen and oxygen atoms in total. The Morgan fingerprint density at radius 3 is 3.07 bits per heavy atom. The van der Waals surface area contributed by atoms with Gasteiger partial charge in [0.05, 0.1) is 6.20 Å². The first-order valence-electron chi connectivity index (χ1n) is 4.73. The highest BCUT2D eigenvalue weighted by Crippen LogP contribution is 2.26. The van der Waals surface area contributed by atoms with Crippen LogP contribution in [0.2, 0.25) is 0 Å². The zero-order chi connectivity index (χ0) is 10.9. The molecular weight excluding hydrogens is 282 g/mol. The first-order chi connectivity index (χ1) is 7.16. The number of rotatable bonds is 3. The van der Waals surface area contributed by atoms with Gasteiger partial charge in [-0.15, -0.1) is 0 Å². The summed E-state index contributed by atoms with van der Waals surface area (Å²) in [5.41, 5.74) is 0. The molecule has 2 heterocycles. The van der Waals surface area contributed by atoms with Gasteiger partial charge in [-0.05, 0) is 12.8 Å². The highest BCUT2D eigenvalue weighted by Gasteiger charge is 2.34. The Balaban J connectivity index is 2.30. The summed E-state index contributed by atoms with van der Waals surface area (Å²) < 4.78 is 25.8. The largest absolute Gasteiger partial charge is 0.284 e. The molecule has 1 fully saturated rings. The van der Waals surface area contributed by atoms with Crippen molar-refractivity contribution in [2.45, 2.75) is 23.8 Å². The van der Waals surface area contributed by atoms with Crippen LogP contribution in [0.5, 0.6) is 0 Å². The molecule has 1 unspecified atom stereocenters. The van der Waals surface area contributed by atoms with Crippen LogP contribution in [0, 0.1) is 0 Å². The Hall–Kier alpha value is -0.400. The van der Waals surface area contributed by atoms with Crippen LogP contribution in [0.4, 0.5) is 0 Å². The summed E-state index contributed by atoms with van der Waals surface area (Å²) in [5, 5.41) is 6.88. The Morgan fingerprint density at radius 1 is 1.67 bits per heavy atom. The maximum absolute atomic E-state index is 12.1. The molecule has 0 spiro atoms. The Bertz CT molecular complexity index is 417. The topological polar surface area (TPSA) is 66.1 Å². The van der Waals surface area contributed by atoms with Gasteiger partial charge in [0.15, 0.2) is 0 Å². The number of sulfonamides is 1. The molecule has 84 valence electrons. The van der Waals surface area contributed by atoms with Crippen LogP contribution in [-0.4, -0.2) is 40.8 Å². The SMILES string of the molecule is O=S(=O)(c1cn[nH]c1)N1CCCC1CBr. The smallest absolute Gasteiger partial charge is 0.246 e. The maximum Gasteiger partial charge on any atom is 0.246 e. The van der Waals surface area contributed by atoms with Gasteiger partial charge in [0.1, 0.15) is 4.90 Å². The van der Waals surface area contributed by atoms with Crippen LogP contribution in [-0.2, 0) is 10.0 Å². The van der Waals surface area contributed by atoms with Crippen LogP contribution in [0.3, 0.4) is 0 Å². The van der Waals surface area contributed by atoms with E-state index in [1.165, 1.54) is 12.4 Å². The summed E-state index contributed by atoms with van der Waals surface area (Å²) in [6.07, 6.45) is 4.60. The summed E-state index contributed by atoms with van der Waals surface area (Å²) >= 11 is 3.34. The van der Waals surface area contributed by atoms with Crippen molar-refractivity contribution in [3.05, 3.63) is 12.4 Å². The van der Waals surface area contributed by atoms with Crippen molar-refractivity contribution in [3.8, 4) is 0 Å². The summed E-state index contributed by atoms with van der Waals surface area (Å²) in [4.78, 5) is 0.246. The van der Waals surface area contributed by atoms with Gasteiger partial charge in [-0.3, -0.25) is 5.10 Å². The van der Waals surface area contributed by atoms with Crippen LogP contribution < -0.4 is 0 Å². The summed E-state index contributed by atoms with van der Waals surface area (Å²) in [6.45, 7) is 0.601. The maximum atomic E-state index is 12.1. The summed E-state index contributed by atoms with van der Waals surface area (Å²) in [6, 6.07) is 0.0740. The van der Waals surface area contributed by atoms with Crippen molar-refractivity contribution in [2.75, 3.05) is 11.9 Å². The lowest BCUT2D eigenvalue weighted by Crippen LogP contribution is -2.36. The quantitative estimate of drug-likeness (QED) is 0.844. The summed E-state index contributed by atoms with van der Waals surface area (Å²) in [7, 11) is -3.35. The molecular formula is C8H12BrN3O2S. The molecule has 0 saturated carbocycles. The standard InChI is InChI=1S/C8H12BrN3O2S/c9-4-7-2-1-3-12(7)15(13,14)8-5-10-11-6-8/h5-7H,1-4H2,(H,10,11). The van der Waals surface area contributed by atoms with E-state index >= 15 is 0 Å². The number of nitrogens with one attached hydrogen (secondary N) is 1. The van der Waals surface area contributed by atoms with Crippen LogP contribution >= 0.6 is 15.9 Å². The molecule has 1 N–H and O–H groups in total. The number of hydrogen-bond donors (Lipinski definition) is 1. The first kappa shape index (κ1) is 11.1. The van der Waals surface area contributed by atoms with E-state index in [0.29, 0.717) is 11.9 Å². The normalized spacial score (nSPS) is 23.4. The third-order valence-corrected chi connectivity index (χ3v) is 5.25. The molecule has 0 aliphatic carbocycles. The van der Waals surface area contributed by atoms with Gasteiger partial charge in [-0.2, -0.15) is 9.40 Å². The van der Waals surface area contributed by atoms with Crippen molar-refractivity contribution in [2.24, 2.45) is 0 Å². The second-order valence-corrected chi connectivity index (χ2v) is 6.04. The Morgan fingerprint density at radius 2 is 2.47 bits per heavy atom. The zero-order valence-corrected chi connectivity index (χ0v) is 10.5. The van der Waals surface area contributed by atoms with E-state index in [1.54, 1.807) is 4.31 Å². The minimum atomic E-state index is -3.35. The second-order valence-electron chi connectivity index (χ2n) is 3.50. The van der Waals surface area contributed by atoms with Crippen LogP contribution in [0.25, 0.3) is 0 Å². The number of aromatic amines is 1. The third kappa shape index (κ3) is 1.95. The van der Waals surface area contributed by atoms with Crippen molar-refractivity contribution in [3.63, 3.8) is 0 Å². The fourth-order valence-electron chi connectivity index (χ4n) is 1.80. The number of H-pyrrole nitrogens is 1. The zero-order valence-electron chi connectivity index (χ0n) is 8.06. The lowest BCUT2D eigenvalue weighted by Gasteiger charge is -2.21. The average Bonchev–Trinajstić information content (AvgIpc) is 2.89. The fraction of sp³-hybridized carbons (Fsp3) is 0.625. The summed E-state index contributed by atoms with van der Waals surface area (Å²) in [5.74, 6) is 0. The number of halogens is 1. The monoisotopic (exact) mass is 293 g/mol. The molecule has 1 aliphatic rings. The van der Waals surface area contributed by atoms with Crippen LogP contribution in [0.15, 0.2) is 17.3 Å². The molecule has 0 bridgehead atoms. The predicted octanol–water partition coefficient (Wildman–Crippen LogP) is 0.958. The second kappa shape index (κ2) is 4.23. The van der Waals surface area contributed by atoms with Crippen molar-refractivity contribution in [1.29, 1.82) is 0 Å². The first-order valence-corrected chi connectivity index (χ1v) is 7.29. The molecule has 1 aliphatic heterocycles. The van der Waals surface area contributed by atoms with Crippen LogP contribution in [0.1, 0.15) is 12.8 Å². The molecule has 0 radical (unpaired) electrons. The lowest BCUT2D eigenvalue weighted by molar-refractivity contribution is 0.414. The molecule has 0 aromatic carbocycles. The lowest BCUT2D eigenvalue weighted by atomic mass is 10.3. The van der Waals surface area contributed by atoms with Gasteiger partial charge in [-0.25, -0.2) is 8.42 Å². The van der Waals surface area contributed by atoms with E-state index in [1.807, 2.05) is 0 Å². The number of hydrogen-bond acceptors (Lipinski definition) is 3. The van der Waals surface area contributed by atoms with Gasteiger partial charge < -0.3 is 0 Å². The van der Waals surface area contributed by atoms with E-state index in [2.05, 4.69) is 26.1 Å². The van der Waals surface area contributed by atoms with E-state index in [9.17, 15) is 8.42 Å². The van der Waals surface area contributed by atoms with Gasteiger partial charge in [-0.1, -0.05) is 15.9 Å². The Labute approximate surface area is 97.0 Å². The average molecular weight is 294 g/mol. The van der Waals surface area contributed by atoms with Crippen molar-refractivity contribution >= 4 is 26.0 Å². The number of aromatic nitrogens is 2. The molecule has 1 atom stereocenters. The minimum absolute atomic E-state index is 0.0740. The fourth-order valence-corrected chi connectivity index (χ4v) is 4.26.